The molecule has 0 aliphatic carbocycles. The summed E-state index contributed by atoms with van der Waals surface area (Å²) in [5, 5.41) is 0. The maximum Gasteiger partial charge on any atom is 0.576 e. The third-order valence-electron chi connectivity index (χ3n) is 2.14. The quantitative estimate of drug-likeness (QED) is 0.580. The van der Waals surface area contributed by atoms with Gasteiger partial charge in [-0.25, -0.2) is 4.67 Å². The summed E-state index contributed by atoms with van der Waals surface area (Å²) in [4.78, 5) is 0. The second-order valence-electron chi connectivity index (χ2n) is 3.40. The molecule has 2 rings (SSSR count). The lowest BCUT2D eigenvalue weighted by Crippen LogP contribution is -2.56. The first-order valence-corrected chi connectivity index (χ1v) is 9.01. The molecule has 94 valence electrons. The molecule has 0 aromatic rings. The van der Waals surface area contributed by atoms with Crippen molar-refractivity contribution in [3.63, 3.8) is 0 Å². The van der Waals surface area contributed by atoms with Gasteiger partial charge in [-0.3, -0.25) is 0 Å². The Balaban J connectivity index is 2.53. The van der Waals surface area contributed by atoms with Crippen molar-refractivity contribution in [3.05, 3.63) is 0 Å². The Morgan fingerprint density at radius 2 is 1.50 bits per heavy atom. The molecule has 0 amide bonds. The molecule has 0 aromatic heterocycles. The van der Waals surface area contributed by atoms with Gasteiger partial charge in [0, 0.05) is 13.1 Å². The van der Waals surface area contributed by atoms with E-state index in [2.05, 4.69) is 9.03 Å². The number of nitrogens with one attached hydrogen (secondary N) is 1. The fourth-order valence-electron chi connectivity index (χ4n) is 1.56. The average molecular weight is 301 g/mol. The van der Waals surface area contributed by atoms with Crippen molar-refractivity contribution in [2.75, 3.05) is 13.1 Å². The molecule has 0 aromatic carbocycles. The van der Waals surface area contributed by atoms with Crippen LogP contribution in [0.1, 0.15) is 12.8 Å². The van der Waals surface area contributed by atoms with Gasteiger partial charge < -0.3 is 0 Å². The zero-order valence-corrected chi connectivity index (χ0v) is 10.6. The fraction of sp³-hybridized carbons (Fsp3) is 1.00. The maximum atomic E-state index is 14.0. The largest absolute Gasteiger partial charge is 0.576 e. The molecule has 16 heavy (non-hydrogen) atoms. The molecule has 1 saturated heterocycles. The summed E-state index contributed by atoms with van der Waals surface area (Å²) in [5.74, 6) is 0. The van der Waals surface area contributed by atoms with Crippen LogP contribution in [0.25, 0.3) is 0 Å². The first-order valence-electron chi connectivity index (χ1n) is 4.42. The van der Waals surface area contributed by atoms with Gasteiger partial charge in [0.25, 0.3) is 0 Å². The number of hydrogen-bond donors (Lipinski definition) is 1. The minimum atomic E-state index is -5.42. The Bertz CT molecular complexity index is 449. The van der Waals surface area contributed by atoms with Crippen LogP contribution in [0.5, 0.6) is 0 Å². The highest BCUT2D eigenvalue weighted by molar-refractivity contribution is 7.74. The molecule has 1 unspecified atom stereocenters. The number of hydrogen-bond acceptors (Lipinski definition) is 3. The molecule has 0 radical (unpaired) electrons. The summed E-state index contributed by atoms with van der Waals surface area (Å²) in [6.45, 7) is 0.328. The SMILES string of the molecule is FP1(F)=NP(F)(N2CCCC2)=NP(F)(F)=[NH+]1. The summed E-state index contributed by atoms with van der Waals surface area (Å²) < 4.78 is 72.8. The van der Waals surface area contributed by atoms with Crippen LogP contribution in [-0.2, 0) is 0 Å². The summed E-state index contributed by atoms with van der Waals surface area (Å²) >= 11 is 0. The first kappa shape index (κ1) is 12.7. The first-order chi connectivity index (χ1) is 7.23. The third-order valence-corrected chi connectivity index (χ3v) is 8.80. The van der Waals surface area contributed by atoms with Gasteiger partial charge >= 0.3 is 23.3 Å². The van der Waals surface area contributed by atoms with Crippen molar-refractivity contribution >= 4 is 23.3 Å². The molecule has 2 aliphatic heterocycles. The maximum absolute atomic E-state index is 14.0. The molecule has 2 aliphatic rings. The van der Waals surface area contributed by atoms with Gasteiger partial charge in [-0.05, 0) is 12.8 Å². The predicted octanol–water partition coefficient (Wildman–Crippen LogP) is 3.86. The van der Waals surface area contributed by atoms with E-state index >= 15 is 0 Å². The Morgan fingerprint density at radius 3 is 2.00 bits per heavy atom. The van der Waals surface area contributed by atoms with E-state index < -0.39 is 23.3 Å². The Hall–Kier alpha value is 0.300. The van der Waals surface area contributed by atoms with Crippen molar-refractivity contribution in [2.24, 2.45) is 9.03 Å². The standard InChI is InChI=1S/C4H8F5N4P3/c5-14(6)10-15(7,8)12-16(9,11-14)13-3-1-2-4-13/h1-4H2/p+1. The van der Waals surface area contributed by atoms with E-state index in [1.54, 1.807) is 0 Å². The number of nitrogens with zero attached hydrogens (tertiary/aromatic N) is 3. The molecule has 0 bridgehead atoms. The van der Waals surface area contributed by atoms with Crippen LogP contribution in [0.15, 0.2) is 9.03 Å². The van der Waals surface area contributed by atoms with Crippen LogP contribution in [0.3, 0.4) is 0 Å². The van der Waals surface area contributed by atoms with Gasteiger partial charge in [0.1, 0.15) is 0 Å². The summed E-state index contributed by atoms with van der Waals surface area (Å²) in [7, 11) is -15.4. The van der Waals surface area contributed by atoms with Gasteiger partial charge in [0.15, 0.2) is 0 Å². The van der Waals surface area contributed by atoms with E-state index in [9.17, 15) is 21.0 Å². The van der Waals surface area contributed by atoms with Crippen LogP contribution in [0, 0.1) is 0 Å². The van der Waals surface area contributed by atoms with E-state index in [1.165, 1.54) is 0 Å². The normalized spacial score (nSPS) is 37.3. The summed E-state index contributed by atoms with van der Waals surface area (Å²) in [6.07, 6.45) is 1.19. The fourth-order valence-corrected chi connectivity index (χ4v) is 8.20. The van der Waals surface area contributed by atoms with Crippen LogP contribution in [0.4, 0.5) is 21.0 Å². The van der Waals surface area contributed by atoms with E-state index in [0.717, 1.165) is 9.19 Å². The molecule has 12 heteroatoms. The third kappa shape index (κ3) is 2.58. The van der Waals surface area contributed by atoms with Crippen molar-refractivity contribution < 1.29 is 25.5 Å². The highest BCUT2D eigenvalue weighted by atomic mass is 31.3. The second kappa shape index (κ2) is 3.91. The Kier molecular flexibility index (Phi) is 3.11. The Labute approximate surface area is 89.2 Å². The van der Waals surface area contributed by atoms with E-state index in [-0.39, 0.29) is 13.1 Å². The van der Waals surface area contributed by atoms with Gasteiger partial charge in [0.2, 0.25) is 0 Å². The molecule has 0 spiro atoms. The van der Waals surface area contributed by atoms with Gasteiger partial charge in [-0.2, -0.15) is 4.20 Å². The molecule has 1 fully saturated rings. The highest BCUT2D eigenvalue weighted by Gasteiger charge is 2.48. The number of rotatable bonds is 1. The van der Waals surface area contributed by atoms with Gasteiger partial charge in [0.05, 0.1) is 0 Å². The van der Waals surface area contributed by atoms with Crippen LogP contribution in [-0.4, -0.2) is 17.8 Å². The lowest BCUT2D eigenvalue weighted by Gasteiger charge is -2.21. The van der Waals surface area contributed by atoms with E-state index in [4.69, 9.17) is 0 Å². The van der Waals surface area contributed by atoms with Crippen LogP contribution < -0.4 is 4.52 Å². The van der Waals surface area contributed by atoms with Crippen LogP contribution in [0.2, 0.25) is 0 Å². The summed E-state index contributed by atoms with van der Waals surface area (Å²) in [6, 6.07) is 0. The van der Waals surface area contributed by atoms with Gasteiger partial charge in [-0.1, -0.05) is 9.03 Å². The van der Waals surface area contributed by atoms with Crippen molar-refractivity contribution in [1.29, 1.82) is 0 Å². The average Bonchev–Trinajstić information content (AvgIpc) is 2.46. The molecule has 1 atom stereocenters. The summed E-state index contributed by atoms with van der Waals surface area (Å²) in [5.41, 5.74) is 0. The minimum absolute atomic E-state index is 0.164. The molecule has 4 nitrogen and oxygen atoms in total. The second-order valence-corrected chi connectivity index (χ2v) is 9.13. The lowest BCUT2D eigenvalue weighted by atomic mass is 10.4. The van der Waals surface area contributed by atoms with Crippen molar-refractivity contribution in [1.82, 2.24) is 4.67 Å². The highest BCUT2D eigenvalue weighted by Crippen LogP contribution is 2.74. The van der Waals surface area contributed by atoms with Crippen molar-refractivity contribution in [2.45, 2.75) is 12.8 Å². The monoisotopic (exact) mass is 301 g/mol. The van der Waals surface area contributed by atoms with Crippen LogP contribution >= 0.6 is 23.3 Å². The molecular weight excluding hydrogens is 292 g/mol. The minimum Gasteiger partial charge on any atom is -0.226 e. The van der Waals surface area contributed by atoms with Gasteiger partial charge in [-0.15, -0.1) is 21.3 Å². The lowest BCUT2D eigenvalue weighted by molar-refractivity contribution is -0.273. The zero-order valence-electron chi connectivity index (χ0n) is 7.90. The molecule has 1 N–H and O–H groups in total. The predicted molar refractivity (Wildman–Crippen MR) is 52.9 cm³/mol. The van der Waals surface area contributed by atoms with Crippen molar-refractivity contribution in [3.8, 4) is 0 Å². The number of halogens is 5. The molecule has 2 heterocycles. The molecule has 0 saturated carbocycles. The zero-order chi connectivity index (χ0) is 12.0. The smallest absolute Gasteiger partial charge is 0.226 e. The van der Waals surface area contributed by atoms with E-state index in [1.807, 2.05) is 0 Å². The Morgan fingerprint density at radius 1 is 0.938 bits per heavy atom. The molecular formula is C4H9F5N4P3+. The topological polar surface area (TPSA) is 41.9 Å². The van der Waals surface area contributed by atoms with E-state index in [0.29, 0.717) is 12.8 Å².